The Kier molecular flexibility index (Phi) is 1.03. The number of carbonyl (C=O) groups is 2. The lowest BCUT2D eigenvalue weighted by atomic mass is 10.7. The van der Waals surface area contributed by atoms with Gasteiger partial charge in [0.2, 0.25) is 0 Å². The molecule has 0 saturated carbocycles. The van der Waals surface area contributed by atoms with Crippen molar-refractivity contribution in [2.45, 2.75) is 0 Å². The molecular weight excluding hydrogens is 114 g/mol. The second-order valence-corrected chi connectivity index (χ2v) is 1.17. The lowest BCUT2D eigenvalue weighted by Gasteiger charge is -2.09. The van der Waals surface area contributed by atoms with Gasteiger partial charge in [-0.15, -0.1) is 0 Å². The Morgan fingerprint density at radius 3 is 2.62 bits per heavy atom. The van der Waals surface area contributed by atoms with Crippen LogP contribution in [0.5, 0.6) is 0 Å². The summed E-state index contributed by atoms with van der Waals surface area (Å²) in [6.45, 7) is -0.251. The molecule has 8 heavy (non-hydrogen) atoms. The summed E-state index contributed by atoms with van der Waals surface area (Å²) in [7, 11) is 0. The minimum absolute atomic E-state index is 0.251. The van der Waals surface area contributed by atoms with Crippen molar-refractivity contribution < 1.29 is 19.2 Å². The zero-order chi connectivity index (χ0) is 5.98. The predicted molar refractivity (Wildman–Crippen MR) is 20.6 cm³/mol. The molecule has 1 N–H and O–H groups in total. The van der Waals surface area contributed by atoms with Crippen molar-refractivity contribution in [3.05, 3.63) is 0 Å². The molecule has 0 atom stereocenters. The van der Waals surface area contributed by atoms with Gasteiger partial charge < -0.3 is 9.57 Å². The van der Waals surface area contributed by atoms with Crippen LogP contribution in [-0.4, -0.2) is 18.7 Å². The van der Waals surface area contributed by atoms with Crippen LogP contribution in [-0.2, 0) is 14.4 Å². The van der Waals surface area contributed by atoms with Crippen LogP contribution < -0.4 is 5.48 Å². The van der Waals surface area contributed by atoms with Gasteiger partial charge in [0.25, 0.3) is 5.91 Å². The van der Waals surface area contributed by atoms with Gasteiger partial charge in [-0.1, -0.05) is 0 Å². The molecule has 0 radical (unpaired) electrons. The highest BCUT2D eigenvalue weighted by Gasteiger charge is 2.15. The summed E-state index contributed by atoms with van der Waals surface area (Å²) in [5, 5.41) is 0. The van der Waals surface area contributed by atoms with Crippen molar-refractivity contribution in [1.29, 1.82) is 0 Å². The smallest absolute Gasteiger partial charge is 0.422 e. The van der Waals surface area contributed by atoms with Gasteiger partial charge in [-0.3, -0.25) is 4.79 Å². The first-order valence-electron chi connectivity index (χ1n) is 1.91. The molecule has 5 heteroatoms. The fourth-order valence-corrected chi connectivity index (χ4v) is 0.282. The normalized spacial score (nSPS) is 18.5. The third kappa shape index (κ3) is 0.868. The molecule has 0 aromatic heterocycles. The van der Waals surface area contributed by atoms with Crippen molar-refractivity contribution in [2.75, 3.05) is 6.61 Å². The molecule has 1 aliphatic rings. The van der Waals surface area contributed by atoms with Crippen LogP contribution in [0.4, 0.5) is 4.79 Å². The number of hydroxylamine groups is 1. The highest BCUT2D eigenvalue weighted by Crippen LogP contribution is 1.87. The van der Waals surface area contributed by atoms with Crippen molar-refractivity contribution in [1.82, 2.24) is 5.48 Å². The maximum absolute atomic E-state index is 10.1. The van der Waals surface area contributed by atoms with Crippen LogP contribution in [0.15, 0.2) is 0 Å². The SMILES string of the molecule is O=C1COC(=O)ON1. The second-order valence-electron chi connectivity index (χ2n) is 1.17. The third-order valence-corrected chi connectivity index (χ3v) is 0.569. The summed E-state index contributed by atoms with van der Waals surface area (Å²) in [4.78, 5) is 24.0. The highest BCUT2D eigenvalue weighted by molar-refractivity contribution is 5.81. The molecular formula is C3H3NO4. The van der Waals surface area contributed by atoms with Crippen LogP contribution in [0.3, 0.4) is 0 Å². The maximum Gasteiger partial charge on any atom is 0.533 e. The molecule has 0 spiro atoms. The molecule has 1 heterocycles. The Morgan fingerprint density at radius 1 is 1.50 bits per heavy atom. The van der Waals surface area contributed by atoms with Gasteiger partial charge in [0.1, 0.15) is 0 Å². The van der Waals surface area contributed by atoms with Crippen molar-refractivity contribution in [3.8, 4) is 0 Å². The van der Waals surface area contributed by atoms with E-state index < -0.39 is 12.1 Å². The standard InChI is InChI=1S/C3H3NO4/c5-2-1-7-3(6)8-4-2/h1H2,(H,4,5). The molecule has 1 fully saturated rings. The summed E-state index contributed by atoms with van der Waals surface area (Å²) in [5.41, 5.74) is 1.82. The molecule has 5 nitrogen and oxygen atoms in total. The van der Waals surface area contributed by atoms with E-state index in [4.69, 9.17) is 0 Å². The molecule has 0 aromatic rings. The van der Waals surface area contributed by atoms with E-state index >= 15 is 0 Å². The second kappa shape index (κ2) is 1.69. The van der Waals surface area contributed by atoms with Crippen LogP contribution in [0.1, 0.15) is 0 Å². The number of carbonyl (C=O) groups excluding carboxylic acids is 2. The van der Waals surface area contributed by atoms with Crippen molar-refractivity contribution >= 4 is 12.1 Å². The van der Waals surface area contributed by atoms with Gasteiger partial charge in [-0.25, -0.2) is 4.79 Å². The first kappa shape index (κ1) is 4.89. The summed E-state index contributed by atoms with van der Waals surface area (Å²) >= 11 is 0. The first-order valence-corrected chi connectivity index (χ1v) is 1.91. The Balaban J connectivity index is 2.40. The zero-order valence-corrected chi connectivity index (χ0v) is 3.84. The van der Waals surface area contributed by atoms with Gasteiger partial charge in [-0.05, 0) is 0 Å². The average molecular weight is 117 g/mol. The Bertz CT molecular complexity index is 103. The quantitative estimate of drug-likeness (QED) is 0.421. The van der Waals surface area contributed by atoms with E-state index in [1.807, 2.05) is 5.48 Å². The van der Waals surface area contributed by atoms with E-state index in [0.29, 0.717) is 0 Å². The van der Waals surface area contributed by atoms with E-state index in [-0.39, 0.29) is 6.61 Å². The fourth-order valence-electron chi connectivity index (χ4n) is 0.282. The van der Waals surface area contributed by atoms with Gasteiger partial charge in [-0.2, -0.15) is 5.48 Å². The fraction of sp³-hybridized carbons (Fsp3) is 0.333. The van der Waals surface area contributed by atoms with Gasteiger partial charge >= 0.3 is 6.16 Å². The number of rotatable bonds is 0. The number of amides is 1. The largest absolute Gasteiger partial charge is 0.533 e. The number of hydrogen-bond acceptors (Lipinski definition) is 4. The van der Waals surface area contributed by atoms with Crippen molar-refractivity contribution in [2.24, 2.45) is 0 Å². The van der Waals surface area contributed by atoms with Gasteiger partial charge in [0, 0.05) is 0 Å². The molecule has 1 aliphatic heterocycles. The minimum atomic E-state index is -0.871. The van der Waals surface area contributed by atoms with Crippen molar-refractivity contribution in [3.63, 3.8) is 0 Å². The molecule has 44 valence electrons. The minimum Gasteiger partial charge on any atom is -0.422 e. The molecule has 1 saturated heterocycles. The molecule has 0 aliphatic carbocycles. The number of cyclic esters (lactones) is 1. The maximum atomic E-state index is 10.1. The zero-order valence-electron chi connectivity index (χ0n) is 3.84. The van der Waals surface area contributed by atoms with Gasteiger partial charge in [0.15, 0.2) is 6.61 Å². The molecule has 0 aromatic carbocycles. The Morgan fingerprint density at radius 2 is 2.25 bits per heavy atom. The number of ether oxygens (including phenoxy) is 1. The predicted octanol–water partition coefficient (Wildman–Crippen LogP) is -0.816. The average Bonchev–Trinajstić information content (AvgIpc) is 1.77. The van der Waals surface area contributed by atoms with E-state index in [1.165, 1.54) is 0 Å². The molecule has 0 bridgehead atoms. The van der Waals surface area contributed by atoms with Crippen LogP contribution in [0, 0.1) is 0 Å². The summed E-state index contributed by atoms with van der Waals surface area (Å²) in [5.74, 6) is -0.454. The Hall–Kier alpha value is -1.26. The molecule has 1 rings (SSSR count). The number of nitrogens with one attached hydrogen (secondary N) is 1. The lowest BCUT2D eigenvalue weighted by molar-refractivity contribution is -0.142. The molecule has 0 unspecified atom stereocenters. The summed E-state index contributed by atoms with van der Waals surface area (Å²) in [6, 6.07) is 0. The lowest BCUT2D eigenvalue weighted by Crippen LogP contribution is -2.37. The first-order chi connectivity index (χ1) is 3.79. The van der Waals surface area contributed by atoms with Crippen LogP contribution in [0.2, 0.25) is 0 Å². The monoisotopic (exact) mass is 117 g/mol. The third-order valence-electron chi connectivity index (χ3n) is 0.569. The summed E-state index contributed by atoms with van der Waals surface area (Å²) in [6.07, 6.45) is -0.871. The van der Waals surface area contributed by atoms with Gasteiger partial charge in [0.05, 0.1) is 0 Å². The topological polar surface area (TPSA) is 64.6 Å². The van der Waals surface area contributed by atoms with E-state index in [2.05, 4.69) is 9.57 Å². The molecule has 1 amide bonds. The Labute approximate surface area is 44.5 Å². The highest BCUT2D eigenvalue weighted by atomic mass is 16.8. The van der Waals surface area contributed by atoms with E-state index in [0.717, 1.165) is 0 Å². The van der Waals surface area contributed by atoms with Crippen LogP contribution >= 0.6 is 0 Å². The van der Waals surface area contributed by atoms with E-state index in [9.17, 15) is 9.59 Å². The van der Waals surface area contributed by atoms with Crippen LogP contribution in [0.25, 0.3) is 0 Å². The number of hydrogen-bond donors (Lipinski definition) is 1. The summed E-state index contributed by atoms with van der Waals surface area (Å²) < 4.78 is 4.12. The van der Waals surface area contributed by atoms with E-state index in [1.54, 1.807) is 0 Å².